The first kappa shape index (κ1) is 24.0. The monoisotopic (exact) mass is 437 g/mol. The summed E-state index contributed by atoms with van der Waals surface area (Å²) in [7, 11) is 0. The third-order valence-electron chi connectivity index (χ3n) is 7.38. The van der Waals surface area contributed by atoms with E-state index in [1.54, 1.807) is 4.90 Å². The molecule has 3 amide bonds. The van der Waals surface area contributed by atoms with Gasteiger partial charge in [0, 0.05) is 25.7 Å². The summed E-state index contributed by atoms with van der Waals surface area (Å²) in [5.41, 5.74) is -1.74. The van der Waals surface area contributed by atoms with Crippen molar-refractivity contribution in [2.45, 2.75) is 90.0 Å². The summed E-state index contributed by atoms with van der Waals surface area (Å²) in [5.74, 6) is -1.71. The fourth-order valence-electron chi connectivity index (χ4n) is 5.97. The molecule has 3 aliphatic heterocycles. The molecule has 0 aromatic rings. The van der Waals surface area contributed by atoms with Gasteiger partial charge in [0.15, 0.2) is 0 Å². The molecule has 6 atom stereocenters. The lowest BCUT2D eigenvalue weighted by molar-refractivity contribution is -0.147. The van der Waals surface area contributed by atoms with Crippen LogP contribution in [0, 0.1) is 17.8 Å². The second-order valence-corrected chi connectivity index (χ2v) is 9.97. The number of carbonyl (C=O) groups is 3. The molecule has 3 fully saturated rings. The fraction of sp³-hybridized carbons (Fsp3) is 0.870. The smallest absolute Gasteiger partial charge is 0.246 e. The van der Waals surface area contributed by atoms with Crippen LogP contribution in [0.1, 0.15) is 66.7 Å². The van der Waals surface area contributed by atoms with Gasteiger partial charge in [-0.2, -0.15) is 0 Å². The van der Waals surface area contributed by atoms with E-state index in [0.29, 0.717) is 32.4 Å². The Hall–Kier alpha value is -1.67. The molecule has 0 aliphatic carbocycles. The number of aliphatic hydroxyl groups excluding tert-OH is 1. The summed E-state index contributed by atoms with van der Waals surface area (Å²) in [6, 6.07) is -0.806. The number of nitrogens with one attached hydrogen (secondary N) is 2. The van der Waals surface area contributed by atoms with E-state index in [0.717, 1.165) is 12.8 Å². The minimum absolute atomic E-state index is 0.0533. The molecule has 3 unspecified atom stereocenters. The highest BCUT2D eigenvalue weighted by Gasteiger charge is 2.79. The zero-order chi connectivity index (χ0) is 23.0. The minimum Gasteiger partial charge on any atom is -0.396 e. The predicted octanol–water partition coefficient (Wildman–Crippen LogP) is 1.21. The van der Waals surface area contributed by atoms with Gasteiger partial charge in [-0.25, -0.2) is 0 Å². The molecule has 3 saturated heterocycles. The topological polar surface area (TPSA) is 108 Å². The largest absolute Gasteiger partial charge is 0.396 e. The van der Waals surface area contributed by atoms with Crippen LogP contribution in [0.4, 0.5) is 0 Å². The van der Waals surface area contributed by atoms with E-state index in [1.807, 2.05) is 27.7 Å². The van der Waals surface area contributed by atoms with Crippen LogP contribution in [-0.2, 0) is 19.1 Å². The van der Waals surface area contributed by atoms with E-state index in [9.17, 15) is 14.4 Å². The van der Waals surface area contributed by atoms with Crippen molar-refractivity contribution in [3.63, 3.8) is 0 Å². The maximum atomic E-state index is 13.7. The average molecular weight is 438 g/mol. The average Bonchev–Trinajstić information content (AvgIpc) is 3.20. The van der Waals surface area contributed by atoms with Crippen LogP contribution >= 0.6 is 0 Å². The Bertz CT molecular complexity index is 713. The van der Waals surface area contributed by atoms with Gasteiger partial charge in [0.2, 0.25) is 17.7 Å². The van der Waals surface area contributed by atoms with Gasteiger partial charge in [-0.3, -0.25) is 14.4 Å². The van der Waals surface area contributed by atoms with Crippen molar-refractivity contribution in [3.05, 3.63) is 0 Å². The lowest BCUT2D eigenvalue weighted by Crippen LogP contribution is -2.56. The molecular formula is C23H39N3O5. The molecule has 31 heavy (non-hydrogen) atoms. The molecule has 0 aromatic heterocycles. The molecule has 0 aromatic carbocycles. The molecule has 3 rings (SSSR count). The van der Waals surface area contributed by atoms with Gasteiger partial charge in [-0.05, 0) is 58.8 Å². The van der Waals surface area contributed by atoms with Crippen molar-refractivity contribution in [1.82, 2.24) is 15.5 Å². The SMILES string of the molecule is CCCNC(=O)[C@H]1[C@H]2C(=O)N(CCCCCO)C(C(=O)NC(C)C)C23CC(C)[C@]1(C)O3. The highest BCUT2D eigenvalue weighted by atomic mass is 16.5. The summed E-state index contributed by atoms with van der Waals surface area (Å²) in [4.78, 5) is 41.9. The number of hydrogen-bond acceptors (Lipinski definition) is 5. The Kier molecular flexibility index (Phi) is 7.01. The molecule has 3 aliphatic rings. The molecule has 0 saturated carbocycles. The molecular weight excluding hydrogens is 398 g/mol. The summed E-state index contributed by atoms with van der Waals surface area (Å²) < 4.78 is 6.62. The maximum Gasteiger partial charge on any atom is 0.246 e. The number of nitrogens with zero attached hydrogens (tertiary/aromatic N) is 1. The summed E-state index contributed by atoms with van der Waals surface area (Å²) >= 11 is 0. The van der Waals surface area contributed by atoms with Crippen molar-refractivity contribution in [3.8, 4) is 0 Å². The number of unbranched alkanes of at least 4 members (excludes halogenated alkanes) is 2. The van der Waals surface area contributed by atoms with Crippen LogP contribution < -0.4 is 10.6 Å². The van der Waals surface area contributed by atoms with Gasteiger partial charge in [-0.1, -0.05) is 13.8 Å². The van der Waals surface area contributed by atoms with E-state index in [1.165, 1.54) is 0 Å². The summed E-state index contributed by atoms with van der Waals surface area (Å²) in [5, 5.41) is 15.0. The molecule has 8 nitrogen and oxygen atoms in total. The van der Waals surface area contributed by atoms with E-state index < -0.39 is 29.1 Å². The molecule has 8 heteroatoms. The molecule has 3 N–H and O–H groups in total. The van der Waals surface area contributed by atoms with Gasteiger partial charge < -0.3 is 25.4 Å². The Morgan fingerprint density at radius 2 is 1.97 bits per heavy atom. The highest BCUT2D eigenvalue weighted by Crippen LogP contribution is 2.65. The first-order chi connectivity index (χ1) is 14.6. The van der Waals surface area contributed by atoms with Gasteiger partial charge in [0.1, 0.15) is 11.6 Å². The van der Waals surface area contributed by atoms with Gasteiger partial charge in [0.05, 0.1) is 17.4 Å². The lowest BCUT2D eigenvalue weighted by Gasteiger charge is -2.36. The van der Waals surface area contributed by atoms with Crippen LogP contribution in [0.3, 0.4) is 0 Å². The van der Waals surface area contributed by atoms with E-state index in [4.69, 9.17) is 9.84 Å². The number of ether oxygens (including phenoxy) is 1. The van der Waals surface area contributed by atoms with Crippen LogP contribution in [0.25, 0.3) is 0 Å². The van der Waals surface area contributed by atoms with E-state index >= 15 is 0 Å². The fourth-order valence-corrected chi connectivity index (χ4v) is 5.97. The van der Waals surface area contributed by atoms with Crippen LogP contribution in [0.15, 0.2) is 0 Å². The van der Waals surface area contributed by atoms with Crippen molar-refractivity contribution >= 4 is 17.7 Å². The Labute approximate surface area is 185 Å². The molecule has 176 valence electrons. The maximum absolute atomic E-state index is 13.7. The second-order valence-electron chi connectivity index (χ2n) is 9.97. The zero-order valence-electron chi connectivity index (χ0n) is 19.6. The van der Waals surface area contributed by atoms with Gasteiger partial charge in [-0.15, -0.1) is 0 Å². The van der Waals surface area contributed by atoms with Crippen molar-refractivity contribution in [2.75, 3.05) is 19.7 Å². The van der Waals surface area contributed by atoms with Gasteiger partial charge >= 0.3 is 0 Å². The summed E-state index contributed by atoms with van der Waals surface area (Å²) in [6.07, 6.45) is 3.52. The standard InChI is InChI=1S/C23H39N3O5/c1-6-10-24-19(28)16-17-21(30)26(11-8-7-9-12-27)18(20(29)25-14(2)3)23(17)13-15(4)22(16,5)31-23/h14-18,27H,6-13H2,1-5H3,(H,24,28)(H,25,29)/t15?,16-,17+,18?,22+,23?/m1/s1. The molecule has 0 radical (unpaired) electrons. The summed E-state index contributed by atoms with van der Waals surface area (Å²) in [6.45, 7) is 10.8. The Balaban J connectivity index is 1.98. The number of likely N-dealkylation sites (tertiary alicyclic amines) is 1. The van der Waals surface area contributed by atoms with Crippen molar-refractivity contribution in [1.29, 1.82) is 0 Å². The Morgan fingerprint density at radius 3 is 2.58 bits per heavy atom. The third kappa shape index (κ3) is 3.86. The van der Waals surface area contributed by atoms with Crippen LogP contribution in [-0.4, -0.2) is 70.7 Å². The number of hydrogen-bond donors (Lipinski definition) is 3. The number of carbonyl (C=O) groups excluding carboxylic acids is 3. The normalized spacial score (nSPS) is 36.2. The van der Waals surface area contributed by atoms with E-state index in [-0.39, 0.29) is 36.3 Å². The molecule has 2 bridgehead atoms. The Morgan fingerprint density at radius 1 is 1.26 bits per heavy atom. The lowest BCUT2D eigenvalue weighted by atomic mass is 9.62. The quantitative estimate of drug-likeness (QED) is 0.445. The minimum atomic E-state index is -0.977. The van der Waals surface area contributed by atoms with Gasteiger partial charge in [0.25, 0.3) is 0 Å². The van der Waals surface area contributed by atoms with Crippen LogP contribution in [0.2, 0.25) is 0 Å². The third-order valence-corrected chi connectivity index (χ3v) is 7.38. The van der Waals surface area contributed by atoms with Crippen molar-refractivity contribution in [2.24, 2.45) is 17.8 Å². The number of rotatable bonds is 10. The first-order valence-corrected chi connectivity index (χ1v) is 11.8. The highest BCUT2D eigenvalue weighted by molar-refractivity contribution is 5.99. The van der Waals surface area contributed by atoms with Crippen molar-refractivity contribution < 1.29 is 24.2 Å². The number of amides is 3. The molecule has 1 spiro atoms. The van der Waals surface area contributed by atoms with Crippen LogP contribution in [0.5, 0.6) is 0 Å². The first-order valence-electron chi connectivity index (χ1n) is 11.8. The number of aliphatic hydroxyl groups is 1. The number of fused-ring (bicyclic) bond motifs is 1. The second kappa shape index (κ2) is 9.06. The predicted molar refractivity (Wildman–Crippen MR) is 116 cm³/mol. The molecule has 3 heterocycles. The zero-order valence-corrected chi connectivity index (χ0v) is 19.6. The van der Waals surface area contributed by atoms with E-state index in [2.05, 4.69) is 17.6 Å².